The van der Waals surface area contributed by atoms with E-state index < -0.39 is 10.8 Å². The van der Waals surface area contributed by atoms with Gasteiger partial charge in [0.2, 0.25) is 0 Å². The van der Waals surface area contributed by atoms with Crippen LogP contribution in [0.2, 0.25) is 0 Å². The molecule has 2 aromatic heterocycles. The lowest BCUT2D eigenvalue weighted by Gasteiger charge is -2.31. The van der Waals surface area contributed by atoms with Crippen LogP contribution >= 0.6 is 0 Å². The van der Waals surface area contributed by atoms with Crippen LogP contribution < -0.4 is 4.90 Å². The maximum atomic E-state index is 13.1. The zero-order valence-corrected chi connectivity index (χ0v) is 14.6. The van der Waals surface area contributed by atoms with E-state index in [1.54, 1.807) is 12.4 Å². The van der Waals surface area contributed by atoms with Crippen LogP contribution in [-0.4, -0.2) is 14.2 Å². The molecule has 3 aromatic rings. The normalized spacial score (nSPS) is 13.5. The van der Waals surface area contributed by atoms with Crippen LogP contribution in [0.5, 0.6) is 0 Å². The van der Waals surface area contributed by atoms with Gasteiger partial charge in [-0.15, -0.1) is 0 Å². The Bertz CT molecular complexity index is 929. The number of hydrogen-bond donors (Lipinski definition) is 0. The number of pyridine rings is 2. The minimum Gasteiger partial charge on any atom is -0.277 e. The van der Waals surface area contributed by atoms with Crippen LogP contribution in [-0.2, 0) is 10.8 Å². The van der Waals surface area contributed by atoms with Crippen molar-refractivity contribution >= 4 is 28.1 Å². The fourth-order valence-electron chi connectivity index (χ4n) is 2.94. The highest BCUT2D eigenvalue weighted by atomic mass is 32.2. The maximum Gasteiger partial charge on any atom is 0.155 e. The molecular formula is C19H17N3OS. The van der Waals surface area contributed by atoms with Gasteiger partial charge in [0.05, 0.1) is 26.3 Å². The Morgan fingerprint density at radius 3 is 1.96 bits per heavy atom. The zero-order chi connectivity index (χ0) is 16.8. The summed E-state index contributed by atoms with van der Waals surface area (Å²) in [6.45, 7) is 5.99. The molecule has 0 unspecified atom stereocenters. The minimum absolute atomic E-state index is 0.692. The number of benzene rings is 1. The van der Waals surface area contributed by atoms with Crippen molar-refractivity contribution in [1.82, 2.24) is 9.97 Å². The molecule has 0 aliphatic carbocycles. The summed E-state index contributed by atoms with van der Waals surface area (Å²) in [7, 11) is -1.28. The van der Waals surface area contributed by atoms with Gasteiger partial charge in [-0.05, 0) is 55.7 Å². The molecule has 3 heterocycles. The average Bonchev–Trinajstić information content (AvgIpc) is 2.57. The molecule has 0 bridgehead atoms. The number of hydrogen-bond acceptors (Lipinski definition) is 4. The standard InChI is InChI=1S/C19H17N3OS/c1-12-8-16-18(20-10-12)22(15-7-5-4-6-14(15)3)19-17(24(16)23)9-13(2)11-21-19/h4-11H,1-3H3. The van der Waals surface area contributed by atoms with Crippen LogP contribution in [0, 0.1) is 20.8 Å². The summed E-state index contributed by atoms with van der Waals surface area (Å²) in [6.07, 6.45) is 3.61. The molecule has 4 rings (SSSR count). The van der Waals surface area contributed by atoms with Crippen LogP contribution in [0.4, 0.5) is 17.3 Å². The summed E-state index contributed by atoms with van der Waals surface area (Å²) in [5.74, 6) is 1.38. The summed E-state index contributed by atoms with van der Waals surface area (Å²) in [4.78, 5) is 12.6. The quantitative estimate of drug-likeness (QED) is 0.519. The van der Waals surface area contributed by atoms with Gasteiger partial charge in [-0.2, -0.15) is 0 Å². The van der Waals surface area contributed by atoms with Crippen molar-refractivity contribution < 1.29 is 4.21 Å². The van der Waals surface area contributed by atoms with Crippen molar-refractivity contribution in [2.75, 3.05) is 4.90 Å². The molecule has 1 aromatic carbocycles. The third kappa shape index (κ3) is 2.24. The molecule has 0 fully saturated rings. The lowest BCUT2D eigenvalue weighted by molar-refractivity contribution is 0.680. The molecule has 1 aliphatic heterocycles. The first-order chi connectivity index (χ1) is 11.6. The van der Waals surface area contributed by atoms with E-state index in [1.165, 1.54) is 0 Å². The summed E-state index contributed by atoms with van der Waals surface area (Å²) < 4.78 is 13.1. The van der Waals surface area contributed by atoms with E-state index in [2.05, 4.69) is 23.0 Å². The summed E-state index contributed by atoms with van der Waals surface area (Å²) >= 11 is 0. The van der Waals surface area contributed by atoms with Gasteiger partial charge in [0.25, 0.3) is 0 Å². The summed E-state index contributed by atoms with van der Waals surface area (Å²) in [5.41, 5.74) is 4.11. The van der Waals surface area contributed by atoms with Gasteiger partial charge in [-0.1, -0.05) is 18.2 Å². The lowest BCUT2D eigenvalue weighted by atomic mass is 10.1. The minimum atomic E-state index is -1.28. The second-order valence-corrected chi connectivity index (χ2v) is 7.48. The Kier molecular flexibility index (Phi) is 3.46. The van der Waals surface area contributed by atoms with Gasteiger partial charge in [-0.25, -0.2) is 14.2 Å². The highest BCUT2D eigenvalue weighted by Crippen LogP contribution is 2.45. The monoisotopic (exact) mass is 335 g/mol. The van der Waals surface area contributed by atoms with Gasteiger partial charge in [0.15, 0.2) is 11.6 Å². The Morgan fingerprint density at radius 1 is 0.875 bits per heavy atom. The highest BCUT2D eigenvalue weighted by molar-refractivity contribution is 7.85. The van der Waals surface area contributed by atoms with E-state index in [0.29, 0.717) is 11.6 Å². The summed E-state index contributed by atoms with van der Waals surface area (Å²) in [6, 6.07) is 12.0. The number of anilines is 3. The SMILES string of the molecule is Cc1cnc2c(c1)S(=O)c1cc(C)cnc1N2c1ccccc1C. The lowest BCUT2D eigenvalue weighted by Crippen LogP contribution is -2.22. The first kappa shape index (κ1) is 15.0. The first-order valence-corrected chi connectivity index (χ1v) is 8.92. The molecular weight excluding hydrogens is 318 g/mol. The molecule has 0 saturated heterocycles. The Hall–Kier alpha value is -2.53. The average molecular weight is 335 g/mol. The number of rotatable bonds is 1. The van der Waals surface area contributed by atoms with Gasteiger partial charge < -0.3 is 0 Å². The molecule has 5 heteroatoms. The molecule has 24 heavy (non-hydrogen) atoms. The largest absolute Gasteiger partial charge is 0.277 e. The number of nitrogens with zero attached hydrogens (tertiary/aromatic N) is 3. The fourth-order valence-corrected chi connectivity index (χ4v) is 4.38. The van der Waals surface area contributed by atoms with E-state index in [-0.39, 0.29) is 0 Å². The second-order valence-electron chi connectivity index (χ2n) is 6.06. The van der Waals surface area contributed by atoms with Gasteiger partial charge in [-0.3, -0.25) is 4.90 Å². The number of aryl methyl sites for hydroxylation is 3. The summed E-state index contributed by atoms with van der Waals surface area (Å²) in [5, 5.41) is 0. The van der Waals surface area contributed by atoms with Crippen LogP contribution in [0.25, 0.3) is 0 Å². The number of aromatic nitrogens is 2. The third-order valence-corrected chi connectivity index (χ3v) is 5.52. The van der Waals surface area contributed by atoms with E-state index in [4.69, 9.17) is 0 Å². The van der Waals surface area contributed by atoms with Crippen LogP contribution in [0.3, 0.4) is 0 Å². The van der Waals surface area contributed by atoms with Crippen molar-refractivity contribution in [3.05, 3.63) is 65.5 Å². The Labute approximate surface area is 143 Å². The van der Waals surface area contributed by atoms with Crippen molar-refractivity contribution in [2.24, 2.45) is 0 Å². The molecule has 4 nitrogen and oxygen atoms in total. The topological polar surface area (TPSA) is 46.1 Å². The fraction of sp³-hybridized carbons (Fsp3) is 0.158. The predicted octanol–water partition coefficient (Wildman–Crippen LogP) is 4.35. The molecule has 0 atom stereocenters. The van der Waals surface area contributed by atoms with Gasteiger partial charge in [0, 0.05) is 12.4 Å². The molecule has 120 valence electrons. The van der Waals surface area contributed by atoms with Gasteiger partial charge >= 0.3 is 0 Å². The first-order valence-electron chi connectivity index (χ1n) is 7.77. The Morgan fingerprint density at radius 2 is 1.42 bits per heavy atom. The maximum absolute atomic E-state index is 13.1. The van der Waals surface area contributed by atoms with Crippen molar-refractivity contribution in [1.29, 1.82) is 0 Å². The van der Waals surface area contributed by atoms with Crippen LogP contribution in [0.1, 0.15) is 16.7 Å². The zero-order valence-electron chi connectivity index (χ0n) is 13.8. The van der Waals surface area contributed by atoms with E-state index >= 15 is 0 Å². The van der Waals surface area contributed by atoms with Crippen molar-refractivity contribution in [2.45, 2.75) is 30.6 Å². The predicted molar refractivity (Wildman–Crippen MR) is 95.6 cm³/mol. The van der Waals surface area contributed by atoms with Gasteiger partial charge in [0.1, 0.15) is 0 Å². The van der Waals surface area contributed by atoms with Crippen molar-refractivity contribution in [3.63, 3.8) is 0 Å². The third-order valence-electron chi connectivity index (χ3n) is 4.12. The molecule has 0 spiro atoms. The molecule has 0 radical (unpaired) electrons. The highest BCUT2D eigenvalue weighted by Gasteiger charge is 2.32. The number of para-hydroxylation sites is 1. The van der Waals surface area contributed by atoms with Crippen LogP contribution in [0.15, 0.2) is 58.6 Å². The molecule has 1 aliphatic rings. The van der Waals surface area contributed by atoms with E-state index in [1.807, 2.05) is 49.1 Å². The van der Waals surface area contributed by atoms with E-state index in [9.17, 15) is 4.21 Å². The Balaban J connectivity index is 2.06. The molecule has 0 saturated carbocycles. The smallest absolute Gasteiger partial charge is 0.155 e. The second kappa shape index (κ2) is 5.53. The molecule has 0 amide bonds. The van der Waals surface area contributed by atoms with E-state index in [0.717, 1.165) is 32.2 Å². The number of fused-ring (bicyclic) bond motifs is 2. The van der Waals surface area contributed by atoms with Crippen molar-refractivity contribution in [3.8, 4) is 0 Å². The molecule has 0 N–H and O–H groups in total.